The molecule has 26 heavy (non-hydrogen) atoms. The highest BCUT2D eigenvalue weighted by molar-refractivity contribution is 5.97. The van der Waals surface area contributed by atoms with Crippen LogP contribution in [-0.2, 0) is 16.1 Å². The molecule has 0 aromatic heterocycles. The van der Waals surface area contributed by atoms with Crippen LogP contribution in [-0.4, -0.2) is 34.6 Å². The van der Waals surface area contributed by atoms with Gasteiger partial charge in [0.25, 0.3) is 5.91 Å². The first-order valence-electron chi connectivity index (χ1n) is 8.10. The molecule has 1 rings (SSSR count). The maximum atomic E-state index is 11.9. The van der Waals surface area contributed by atoms with Crippen molar-refractivity contribution < 1.29 is 24.6 Å². The van der Waals surface area contributed by atoms with Gasteiger partial charge in [-0.1, -0.05) is 18.6 Å². The van der Waals surface area contributed by atoms with Gasteiger partial charge in [-0.3, -0.25) is 9.59 Å². The molecule has 0 heterocycles. The van der Waals surface area contributed by atoms with E-state index in [0.717, 1.165) is 5.56 Å². The minimum absolute atomic E-state index is 0.0716. The first-order valence-corrected chi connectivity index (χ1v) is 8.10. The van der Waals surface area contributed by atoms with Crippen LogP contribution in [0.4, 0.5) is 0 Å². The monoisotopic (exact) mass is 359 g/mol. The summed E-state index contributed by atoms with van der Waals surface area (Å²) >= 11 is 0. The van der Waals surface area contributed by atoms with Crippen molar-refractivity contribution >= 4 is 17.8 Å². The van der Waals surface area contributed by atoms with Gasteiger partial charge in [0.15, 0.2) is 0 Å². The van der Waals surface area contributed by atoms with Gasteiger partial charge in [0.1, 0.15) is 11.6 Å². The molecule has 0 spiro atoms. The number of aromatic carboxylic acids is 1. The van der Waals surface area contributed by atoms with Crippen molar-refractivity contribution in [3.63, 3.8) is 0 Å². The summed E-state index contributed by atoms with van der Waals surface area (Å²) < 4.78 is 0. The molecule has 138 valence electrons. The van der Waals surface area contributed by atoms with E-state index in [-0.39, 0.29) is 17.6 Å². The number of unbranched alkanes of at least 4 members (excludes halogenated alkanes) is 2. The lowest BCUT2D eigenvalue weighted by Gasteiger charge is -2.05. The highest BCUT2D eigenvalue weighted by Crippen LogP contribution is 2.04. The average molecular weight is 359 g/mol. The number of rotatable bonds is 11. The van der Waals surface area contributed by atoms with E-state index in [1.54, 1.807) is 12.1 Å². The van der Waals surface area contributed by atoms with Crippen molar-refractivity contribution in [1.82, 2.24) is 10.6 Å². The molecule has 0 saturated carbocycles. The summed E-state index contributed by atoms with van der Waals surface area (Å²) in [6.45, 7) is 0.710. The van der Waals surface area contributed by atoms with Crippen LogP contribution in [0.2, 0.25) is 0 Å². The Morgan fingerprint density at radius 3 is 2.35 bits per heavy atom. The van der Waals surface area contributed by atoms with E-state index in [0.29, 0.717) is 32.4 Å². The number of benzene rings is 1. The van der Waals surface area contributed by atoms with E-state index in [1.807, 2.05) is 6.07 Å². The second kappa shape index (κ2) is 11.3. The third-order valence-corrected chi connectivity index (χ3v) is 3.47. The third kappa shape index (κ3) is 7.97. The van der Waals surface area contributed by atoms with Crippen LogP contribution in [0.1, 0.15) is 41.6 Å². The van der Waals surface area contributed by atoms with Gasteiger partial charge < -0.3 is 20.8 Å². The lowest BCUT2D eigenvalue weighted by atomic mass is 10.1. The number of carbonyl (C=O) groups excluding carboxylic acids is 1. The van der Waals surface area contributed by atoms with E-state index in [2.05, 4.69) is 10.6 Å². The van der Waals surface area contributed by atoms with Gasteiger partial charge in [0, 0.05) is 25.7 Å². The first-order chi connectivity index (χ1) is 12.4. The van der Waals surface area contributed by atoms with Crippen molar-refractivity contribution in [3.05, 3.63) is 47.2 Å². The zero-order valence-corrected chi connectivity index (χ0v) is 14.2. The molecule has 0 aliphatic heterocycles. The van der Waals surface area contributed by atoms with Crippen molar-refractivity contribution in [2.24, 2.45) is 0 Å². The Labute approximate surface area is 151 Å². The summed E-state index contributed by atoms with van der Waals surface area (Å²) in [4.78, 5) is 33.0. The quantitative estimate of drug-likeness (QED) is 0.267. The van der Waals surface area contributed by atoms with E-state index in [9.17, 15) is 14.4 Å². The molecule has 0 radical (unpaired) electrons. The van der Waals surface area contributed by atoms with Crippen molar-refractivity contribution in [2.75, 3.05) is 6.54 Å². The number of nitriles is 1. The van der Waals surface area contributed by atoms with Crippen LogP contribution in [0.5, 0.6) is 0 Å². The van der Waals surface area contributed by atoms with E-state index < -0.39 is 17.8 Å². The Kier molecular flexibility index (Phi) is 8.96. The fraction of sp³-hybridized carbons (Fsp3) is 0.333. The minimum Gasteiger partial charge on any atom is -0.481 e. The number of nitrogens with one attached hydrogen (secondary N) is 2. The van der Waals surface area contributed by atoms with Gasteiger partial charge in [-0.2, -0.15) is 5.26 Å². The number of carboxylic acids is 2. The molecule has 0 aliphatic rings. The largest absolute Gasteiger partial charge is 0.481 e. The summed E-state index contributed by atoms with van der Waals surface area (Å²) in [7, 11) is 0. The summed E-state index contributed by atoms with van der Waals surface area (Å²) in [6.07, 6.45) is 3.29. The predicted molar refractivity (Wildman–Crippen MR) is 93.1 cm³/mol. The lowest BCUT2D eigenvalue weighted by Crippen LogP contribution is -2.26. The Morgan fingerprint density at radius 2 is 1.77 bits per heavy atom. The smallest absolute Gasteiger partial charge is 0.335 e. The number of amides is 1. The van der Waals surface area contributed by atoms with Crippen LogP contribution in [0.3, 0.4) is 0 Å². The summed E-state index contributed by atoms with van der Waals surface area (Å²) in [6, 6.07) is 8.06. The fourth-order valence-electron chi connectivity index (χ4n) is 2.06. The normalized spacial score (nSPS) is 10.7. The molecule has 0 fully saturated rings. The average Bonchev–Trinajstić information content (AvgIpc) is 2.61. The standard InChI is InChI=1S/C18H21N3O5/c19-10-15(17(24)21-9-3-1-2-4-16(22)23)12-20-11-13-5-7-14(8-6-13)18(25)26/h5-8,12,20H,1-4,9,11H2,(H,21,24)(H,22,23)(H,25,26)/b15-12-. The molecular weight excluding hydrogens is 338 g/mol. The molecule has 1 aromatic carbocycles. The van der Waals surface area contributed by atoms with Crippen LogP contribution in [0, 0.1) is 11.3 Å². The SMILES string of the molecule is N#C/C(=C/NCc1ccc(C(=O)O)cc1)C(=O)NCCCCCC(=O)O. The molecule has 8 heteroatoms. The molecule has 0 bridgehead atoms. The third-order valence-electron chi connectivity index (χ3n) is 3.47. The van der Waals surface area contributed by atoms with Gasteiger partial charge in [0.05, 0.1) is 5.56 Å². The number of carboxylic acid groups (broad SMARTS) is 2. The van der Waals surface area contributed by atoms with Gasteiger partial charge in [0.2, 0.25) is 0 Å². The highest BCUT2D eigenvalue weighted by Gasteiger charge is 2.08. The number of nitrogens with zero attached hydrogens (tertiary/aromatic N) is 1. The Morgan fingerprint density at radius 1 is 1.08 bits per heavy atom. The molecule has 0 atom stereocenters. The first kappa shape index (κ1) is 20.7. The maximum Gasteiger partial charge on any atom is 0.335 e. The Balaban J connectivity index is 2.37. The van der Waals surface area contributed by atoms with Crippen LogP contribution in [0.15, 0.2) is 36.0 Å². The lowest BCUT2D eigenvalue weighted by molar-refractivity contribution is -0.137. The molecule has 4 N–H and O–H groups in total. The van der Waals surface area contributed by atoms with Gasteiger partial charge >= 0.3 is 11.9 Å². The van der Waals surface area contributed by atoms with E-state index in [1.165, 1.54) is 18.3 Å². The second-order valence-electron chi connectivity index (χ2n) is 5.51. The summed E-state index contributed by atoms with van der Waals surface area (Å²) in [5.41, 5.74) is 0.921. The molecule has 0 aliphatic carbocycles. The molecule has 0 saturated heterocycles. The number of hydrogen-bond donors (Lipinski definition) is 4. The number of hydrogen-bond acceptors (Lipinski definition) is 5. The zero-order valence-electron chi connectivity index (χ0n) is 14.2. The maximum absolute atomic E-state index is 11.9. The van der Waals surface area contributed by atoms with Crippen molar-refractivity contribution in [2.45, 2.75) is 32.2 Å². The van der Waals surface area contributed by atoms with Crippen molar-refractivity contribution in [1.29, 1.82) is 5.26 Å². The number of aliphatic carboxylic acids is 1. The second-order valence-corrected chi connectivity index (χ2v) is 5.51. The van der Waals surface area contributed by atoms with E-state index in [4.69, 9.17) is 15.5 Å². The summed E-state index contributed by atoms with van der Waals surface area (Å²) in [5.74, 6) is -2.34. The zero-order chi connectivity index (χ0) is 19.4. The minimum atomic E-state index is -1.00. The topological polar surface area (TPSA) is 140 Å². The highest BCUT2D eigenvalue weighted by atomic mass is 16.4. The van der Waals surface area contributed by atoms with Crippen LogP contribution in [0.25, 0.3) is 0 Å². The van der Waals surface area contributed by atoms with Gasteiger partial charge in [-0.15, -0.1) is 0 Å². The van der Waals surface area contributed by atoms with E-state index >= 15 is 0 Å². The Hall–Kier alpha value is -3.34. The number of carbonyl (C=O) groups is 3. The van der Waals surface area contributed by atoms with Crippen LogP contribution >= 0.6 is 0 Å². The van der Waals surface area contributed by atoms with Gasteiger partial charge in [-0.25, -0.2) is 4.79 Å². The van der Waals surface area contributed by atoms with Gasteiger partial charge in [-0.05, 0) is 30.5 Å². The molecule has 1 amide bonds. The summed E-state index contributed by atoms with van der Waals surface area (Å²) in [5, 5.41) is 31.8. The molecular formula is C18H21N3O5. The van der Waals surface area contributed by atoms with Crippen LogP contribution < -0.4 is 10.6 Å². The predicted octanol–water partition coefficient (Wildman–Crippen LogP) is 1.64. The van der Waals surface area contributed by atoms with Crippen molar-refractivity contribution in [3.8, 4) is 6.07 Å². The molecule has 1 aromatic rings. The molecule has 8 nitrogen and oxygen atoms in total. The Bertz CT molecular complexity index is 705. The fourth-order valence-corrected chi connectivity index (χ4v) is 2.06. The molecule has 0 unspecified atom stereocenters.